The summed E-state index contributed by atoms with van der Waals surface area (Å²) in [7, 11) is 0. The van der Waals surface area contributed by atoms with Gasteiger partial charge in [0, 0.05) is 27.5 Å². The van der Waals surface area contributed by atoms with Crippen LogP contribution in [-0.2, 0) is 0 Å². The average molecular weight is 402 g/mol. The predicted octanol–water partition coefficient (Wildman–Crippen LogP) is 7.28. The molecule has 4 heteroatoms. The van der Waals surface area contributed by atoms with Crippen LogP contribution in [0.2, 0.25) is 0 Å². The fraction of sp³-hybridized carbons (Fsp3) is 0.0370. The van der Waals surface area contributed by atoms with E-state index in [0.29, 0.717) is 11.8 Å². The number of aromatic nitrogens is 2. The highest BCUT2D eigenvalue weighted by Gasteiger charge is 2.14. The lowest BCUT2D eigenvalue weighted by molar-refractivity contribution is 0.584. The van der Waals surface area contributed by atoms with Gasteiger partial charge < -0.3 is 8.83 Å². The number of furan rings is 1. The maximum absolute atomic E-state index is 6.30. The van der Waals surface area contributed by atoms with Gasteiger partial charge in [-0.1, -0.05) is 66.7 Å². The maximum atomic E-state index is 6.30. The van der Waals surface area contributed by atoms with Crippen molar-refractivity contribution in [2.24, 2.45) is 0 Å². The molecular formula is C27H18N2O2. The lowest BCUT2D eigenvalue weighted by Crippen LogP contribution is -1.81. The van der Waals surface area contributed by atoms with Gasteiger partial charge >= 0.3 is 0 Å². The van der Waals surface area contributed by atoms with Crippen LogP contribution in [0, 0.1) is 6.92 Å². The van der Waals surface area contributed by atoms with Gasteiger partial charge in [-0.05, 0) is 42.3 Å². The Labute approximate surface area is 178 Å². The summed E-state index contributed by atoms with van der Waals surface area (Å²) in [6.07, 6.45) is 0. The van der Waals surface area contributed by atoms with Crippen LogP contribution >= 0.6 is 0 Å². The molecule has 4 aromatic carbocycles. The molecule has 0 amide bonds. The van der Waals surface area contributed by atoms with Crippen molar-refractivity contribution >= 4 is 21.9 Å². The van der Waals surface area contributed by atoms with Crippen molar-refractivity contribution in [2.45, 2.75) is 6.92 Å². The highest BCUT2D eigenvalue weighted by molar-refractivity contribution is 6.10. The highest BCUT2D eigenvalue weighted by Crippen LogP contribution is 2.37. The molecule has 0 saturated carbocycles. The van der Waals surface area contributed by atoms with Gasteiger partial charge in [-0.3, -0.25) is 0 Å². The number of para-hydroxylation sites is 2. The Morgan fingerprint density at radius 1 is 0.516 bits per heavy atom. The van der Waals surface area contributed by atoms with E-state index < -0.39 is 0 Å². The van der Waals surface area contributed by atoms with E-state index in [4.69, 9.17) is 8.83 Å². The second kappa shape index (κ2) is 6.96. The van der Waals surface area contributed by atoms with Crippen molar-refractivity contribution in [3.8, 4) is 34.0 Å². The Hall–Kier alpha value is -4.18. The Kier molecular flexibility index (Phi) is 3.96. The van der Waals surface area contributed by atoms with Crippen LogP contribution in [-0.4, -0.2) is 10.2 Å². The molecule has 0 fully saturated rings. The molecule has 6 rings (SSSR count). The van der Waals surface area contributed by atoms with Crippen LogP contribution in [0.15, 0.2) is 99.8 Å². The molecule has 0 spiro atoms. The van der Waals surface area contributed by atoms with Crippen molar-refractivity contribution in [1.82, 2.24) is 10.2 Å². The maximum Gasteiger partial charge on any atom is 0.248 e. The summed E-state index contributed by atoms with van der Waals surface area (Å²) in [4.78, 5) is 0. The minimum Gasteiger partial charge on any atom is -0.455 e. The standard InChI is InChI=1S/C27H18N2O2/c1-17-7-5-11-22-23-12-6-10-21(25(23)30-24(17)22)18-13-15-20(16-14-18)27-29-28-26(31-27)19-8-3-2-4-9-19/h2-16H,1H3. The van der Waals surface area contributed by atoms with Gasteiger partial charge in [-0.15, -0.1) is 10.2 Å². The van der Waals surface area contributed by atoms with E-state index in [1.54, 1.807) is 0 Å². The average Bonchev–Trinajstić information content (AvgIpc) is 3.46. The lowest BCUT2D eigenvalue weighted by Gasteiger charge is -2.03. The highest BCUT2D eigenvalue weighted by atomic mass is 16.4. The van der Waals surface area contributed by atoms with Crippen molar-refractivity contribution in [1.29, 1.82) is 0 Å². The first-order valence-corrected chi connectivity index (χ1v) is 10.2. The SMILES string of the molecule is Cc1cccc2c1oc1c(-c3ccc(-c4nnc(-c5ccccc5)o4)cc3)cccc12. The molecule has 4 nitrogen and oxygen atoms in total. The first-order valence-electron chi connectivity index (χ1n) is 10.2. The van der Waals surface area contributed by atoms with E-state index >= 15 is 0 Å². The molecule has 0 unspecified atom stereocenters. The molecule has 2 heterocycles. The van der Waals surface area contributed by atoms with Crippen LogP contribution in [0.5, 0.6) is 0 Å². The molecule has 0 aliphatic rings. The van der Waals surface area contributed by atoms with Crippen molar-refractivity contribution in [2.75, 3.05) is 0 Å². The number of aryl methyl sites for hydroxylation is 1. The molecule has 0 N–H and O–H groups in total. The Bertz CT molecular complexity index is 1530. The smallest absolute Gasteiger partial charge is 0.248 e. The number of fused-ring (bicyclic) bond motifs is 3. The van der Waals surface area contributed by atoms with Crippen LogP contribution in [0.25, 0.3) is 56.0 Å². The Balaban J connectivity index is 1.40. The van der Waals surface area contributed by atoms with E-state index in [2.05, 4.69) is 65.7 Å². The first kappa shape index (κ1) is 17.7. The Morgan fingerprint density at radius 2 is 1.13 bits per heavy atom. The summed E-state index contributed by atoms with van der Waals surface area (Å²) in [5.41, 5.74) is 6.92. The molecule has 0 saturated heterocycles. The van der Waals surface area contributed by atoms with E-state index in [0.717, 1.165) is 49.8 Å². The van der Waals surface area contributed by atoms with Crippen molar-refractivity contribution < 1.29 is 8.83 Å². The number of hydrogen-bond donors (Lipinski definition) is 0. The van der Waals surface area contributed by atoms with Gasteiger partial charge in [0.05, 0.1) is 0 Å². The molecule has 0 radical (unpaired) electrons. The van der Waals surface area contributed by atoms with Gasteiger partial charge in [0.25, 0.3) is 0 Å². The summed E-state index contributed by atoms with van der Waals surface area (Å²) >= 11 is 0. The largest absolute Gasteiger partial charge is 0.455 e. The van der Waals surface area contributed by atoms with E-state index in [1.807, 2.05) is 42.5 Å². The molecule has 148 valence electrons. The summed E-state index contributed by atoms with van der Waals surface area (Å²) in [6, 6.07) is 30.5. The van der Waals surface area contributed by atoms with Gasteiger partial charge in [0.2, 0.25) is 11.8 Å². The zero-order valence-corrected chi connectivity index (χ0v) is 16.9. The first-order chi connectivity index (χ1) is 15.3. The van der Waals surface area contributed by atoms with Gasteiger partial charge in [0.15, 0.2) is 0 Å². The summed E-state index contributed by atoms with van der Waals surface area (Å²) in [5.74, 6) is 1.02. The van der Waals surface area contributed by atoms with Crippen LogP contribution in [0.1, 0.15) is 5.56 Å². The molecule has 6 aromatic rings. The monoisotopic (exact) mass is 402 g/mol. The molecule has 2 aromatic heterocycles. The number of hydrogen-bond acceptors (Lipinski definition) is 4. The van der Waals surface area contributed by atoms with Crippen molar-refractivity contribution in [3.05, 3.63) is 96.6 Å². The second-order valence-electron chi connectivity index (χ2n) is 7.59. The molecule has 0 aliphatic heterocycles. The van der Waals surface area contributed by atoms with E-state index in [9.17, 15) is 0 Å². The van der Waals surface area contributed by atoms with Crippen molar-refractivity contribution in [3.63, 3.8) is 0 Å². The van der Waals surface area contributed by atoms with Crippen LogP contribution in [0.3, 0.4) is 0 Å². The summed E-state index contributed by atoms with van der Waals surface area (Å²) in [6.45, 7) is 2.08. The normalized spacial score (nSPS) is 11.4. The minimum absolute atomic E-state index is 0.503. The van der Waals surface area contributed by atoms with Crippen LogP contribution < -0.4 is 0 Å². The molecule has 0 atom stereocenters. The third-order valence-corrected chi connectivity index (χ3v) is 5.61. The quantitative estimate of drug-likeness (QED) is 0.312. The third-order valence-electron chi connectivity index (χ3n) is 5.61. The zero-order chi connectivity index (χ0) is 20.8. The topological polar surface area (TPSA) is 52.1 Å². The van der Waals surface area contributed by atoms with E-state index in [1.165, 1.54) is 0 Å². The van der Waals surface area contributed by atoms with Gasteiger partial charge in [-0.25, -0.2) is 0 Å². The number of nitrogens with zero attached hydrogens (tertiary/aromatic N) is 2. The van der Waals surface area contributed by atoms with Crippen LogP contribution in [0.4, 0.5) is 0 Å². The molecule has 31 heavy (non-hydrogen) atoms. The zero-order valence-electron chi connectivity index (χ0n) is 16.9. The lowest BCUT2D eigenvalue weighted by atomic mass is 10.0. The fourth-order valence-electron chi connectivity index (χ4n) is 4.02. The van der Waals surface area contributed by atoms with Gasteiger partial charge in [-0.2, -0.15) is 0 Å². The molecule has 0 aliphatic carbocycles. The molecule has 0 bridgehead atoms. The predicted molar refractivity (Wildman–Crippen MR) is 123 cm³/mol. The Morgan fingerprint density at radius 3 is 1.87 bits per heavy atom. The van der Waals surface area contributed by atoms with E-state index in [-0.39, 0.29) is 0 Å². The summed E-state index contributed by atoms with van der Waals surface area (Å²) in [5, 5.41) is 10.7. The second-order valence-corrected chi connectivity index (χ2v) is 7.59. The molecular weight excluding hydrogens is 384 g/mol. The summed E-state index contributed by atoms with van der Waals surface area (Å²) < 4.78 is 12.2. The fourth-order valence-corrected chi connectivity index (χ4v) is 4.02. The van der Waals surface area contributed by atoms with Gasteiger partial charge in [0.1, 0.15) is 11.2 Å². The minimum atomic E-state index is 0.503. The number of rotatable bonds is 3. The third kappa shape index (κ3) is 2.92. The number of benzene rings is 4.